The maximum Gasteiger partial charge on any atom is 0.408 e. The minimum Gasteiger partial charge on any atom is -0.444 e. The summed E-state index contributed by atoms with van der Waals surface area (Å²) in [5, 5.41) is 1.95. The summed E-state index contributed by atoms with van der Waals surface area (Å²) in [4.78, 5) is 20.5. The highest BCUT2D eigenvalue weighted by Crippen LogP contribution is 2.05. The molecule has 0 aliphatic carbocycles. The molecule has 0 aliphatic heterocycles. The number of carbonyl (C=O) groups excluding carboxylic acids is 2. The molecule has 100 valence electrons. The lowest BCUT2D eigenvalue weighted by Crippen LogP contribution is -2.34. The van der Waals surface area contributed by atoms with Crippen LogP contribution >= 0.6 is 0 Å². The van der Waals surface area contributed by atoms with E-state index in [4.69, 9.17) is 4.74 Å². The van der Waals surface area contributed by atoms with Crippen LogP contribution in [0.3, 0.4) is 0 Å². The zero-order valence-electron chi connectivity index (χ0n) is 10.8. The van der Waals surface area contributed by atoms with E-state index in [1.807, 2.05) is 41.7 Å². The monoisotopic (exact) mass is 255 g/mol. The van der Waals surface area contributed by atoms with Crippen LogP contribution in [-0.2, 0) is 9.53 Å². The van der Waals surface area contributed by atoms with E-state index >= 15 is 0 Å². The standard InChI is InChI=1S/C7H12FNO3.C6H6/c1-7(2,3)12-6(11)9-4-5(8)10;1-2-4-6-5-3-1/h4H2,1-3H3,(H,9,11);1-6H. The van der Waals surface area contributed by atoms with Crippen LogP contribution in [-0.4, -0.2) is 24.3 Å². The Morgan fingerprint density at radius 1 is 1.06 bits per heavy atom. The topological polar surface area (TPSA) is 55.4 Å². The van der Waals surface area contributed by atoms with Gasteiger partial charge < -0.3 is 10.1 Å². The number of hydrogen-bond donors (Lipinski definition) is 1. The molecule has 0 atom stereocenters. The van der Waals surface area contributed by atoms with Crippen LogP contribution in [0.25, 0.3) is 0 Å². The lowest BCUT2D eigenvalue weighted by atomic mass is 10.2. The number of alkyl carbamates (subject to hydrolysis) is 1. The van der Waals surface area contributed by atoms with E-state index in [2.05, 4.69) is 0 Å². The summed E-state index contributed by atoms with van der Waals surface area (Å²) >= 11 is 0. The third-order valence-corrected chi connectivity index (χ3v) is 1.44. The van der Waals surface area contributed by atoms with Crippen molar-refractivity contribution in [2.75, 3.05) is 6.54 Å². The van der Waals surface area contributed by atoms with Crippen LogP contribution in [0.5, 0.6) is 0 Å². The van der Waals surface area contributed by atoms with E-state index in [1.165, 1.54) is 0 Å². The third-order valence-electron chi connectivity index (χ3n) is 1.44. The lowest BCUT2D eigenvalue weighted by Gasteiger charge is -2.19. The van der Waals surface area contributed by atoms with Crippen molar-refractivity contribution in [3.63, 3.8) is 0 Å². The summed E-state index contributed by atoms with van der Waals surface area (Å²) in [5.41, 5.74) is -0.635. The maximum absolute atomic E-state index is 11.6. The first-order chi connectivity index (χ1) is 8.31. The van der Waals surface area contributed by atoms with Gasteiger partial charge in [-0.2, -0.15) is 4.39 Å². The molecule has 0 bridgehead atoms. The SMILES string of the molecule is CC(C)(C)OC(=O)NCC(=O)F.c1ccccc1. The van der Waals surface area contributed by atoms with Crippen LogP contribution in [0.2, 0.25) is 0 Å². The van der Waals surface area contributed by atoms with Crippen molar-refractivity contribution in [3.8, 4) is 0 Å². The number of carbonyl (C=O) groups is 2. The van der Waals surface area contributed by atoms with Gasteiger partial charge in [-0.25, -0.2) is 4.79 Å². The van der Waals surface area contributed by atoms with Gasteiger partial charge in [0.15, 0.2) is 0 Å². The lowest BCUT2D eigenvalue weighted by molar-refractivity contribution is -0.128. The largest absolute Gasteiger partial charge is 0.444 e. The molecule has 0 unspecified atom stereocenters. The molecule has 4 nitrogen and oxygen atoms in total. The van der Waals surface area contributed by atoms with Gasteiger partial charge in [0, 0.05) is 0 Å². The first kappa shape index (κ1) is 16.1. The fraction of sp³-hybridized carbons (Fsp3) is 0.385. The number of nitrogens with one attached hydrogen (secondary N) is 1. The molecule has 5 heteroatoms. The summed E-state index contributed by atoms with van der Waals surface area (Å²) in [5.74, 6) is 0. The van der Waals surface area contributed by atoms with E-state index in [0.717, 1.165) is 0 Å². The average Bonchev–Trinajstić information content (AvgIpc) is 2.27. The molecule has 0 aliphatic rings. The van der Waals surface area contributed by atoms with Crippen molar-refractivity contribution in [1.82, 2.24) is 5.32 Å². The number of ether oxygens (including phenoxy) is 1. The molecule has 0 saturated heterocycles. The van der Waals surface area contributed by atoms with Gasteiger partial charge in [-0.15, -0.1) is 0 Å². The Labute approximate surface area is 106 Å². The van der Waals surface area contributed by atoms with Gasteiger partial charge in [0.25, 0.3) is 0 Å². The highest BCUT2D eigenvalue weighted by molar-refractivity contribution is 5.77. The van der Waals surface area contributed by atoms with Gasteiger partial charge in [-0.05, 0) is 20.8 Å². The molecule has 0 spiro atoms. The first-order valence-electron chi connectivity index (χ1n) is 5.46. The second-order valence-electron chi connectivity index (χ2n) is 4.37. The quantitative estimate of drug-likeness (QED) is 0.827. The molecule has 0 heterocycles. The highest BCUT2D eigenvalue weighted by Gasteiger charge is 2.16. The molecule has 0 saturated carbocycles. The van der Waals surface area contributed by atoms with Crippen molar-refractivity contribution >= 4 is 12.1 Å². The van der Waals surface area contributed by atoms with Gasteiger partial charge in [-0.3, -0.25) is 4.79 Å². The van der Waals surface area contributed by atoms with Crippen LogP contribution in [0.4, 0.5) is 9.18 Å². The molecule has 0 radical (unpaired) electrons. The van der Waals surface area contributed by atoms with Crippen molar-refractivity contribution in [1.29, 1.82) is 0 Å². The summed E-state index contributed by atoms with van der Waals surface area (Å²) in [7, 11) is 0. The highest BCUT2D eigenvalue weighted by atomic mass is 19.1. The Morgan fingerprint density at radius 2 is 1.44 bits per heavy atom. The molecular weight excluding hydrogens is 237 g/mol. The molecular formula is C13H18FNO3. The van der Waals surface area contributed by atoms with E-state index in [9.17, 15) is 14.0 Å². The molecule has 1 aromatic rings. The second kappa shape index (κ2) is 8.22. The molecule has 18 heavy (non-hydrogen) atoms. The van der Waals surface area contributed by atoms with Gasteiger partial charge in [-0.1, -0.05) is 36.4 Å². The smallest absolute Gasteiger partial charge is 0.408 e. The number of rotatable bonds is 2. The van der Waals surface area contributed by atoms with Crippen molar-refractivity contribution < 1.29 is 18.7 Å². The molecule has 1 N–H and O–H groups in total. The Hall–Kier alpha value is -1.91. The van der Waals surface area contributed by atoms with Crippen LogP contribution in [0.1, 0.15) is 20.8 Å². The van der Waals surface area contributed by atoms with Crippen molar-refractivity contribution in [2.45, 2.75) is 26.4 Å². The van der Waals surface area contributed by atoms with E-state index in [0.29, 0.717) is 0 Å². The Morgan fingerprint density at radius 3 is 1.72 bits per heavy atom. The van der Waals surface area contributed by atoms with Crippen LogP contribution in [0.15, 0.2) is 36.4 Å². The van der Waals surface area contributed by atoms with E-state index < -0.39 is 24.3 Å². The fourth-order valence-electron chi connectivity index (χ4n) is 0.841. The average molecular weight is 255 g/mol. The fourth-order valence-corrected chi connectivity index (χ4v) is 0.841. The maximum atomic E-state index is 11.6. The number of benzene rings is 1. The third kappa shape index (κ3) is 12.2. The predicted molar refractivity (Wildman–Crippen MR) is 66.8 cm³/mol. The van der Waals surface area contributed by atoms with Gasteiger partial charge >= 0.3 is 12.1 Å². The Balaban J connectivity index is 0.000000397. The zero-order valence-corrected chi connectivity index (χ0v) is 10.8. The first-order valence-corrected chi connectivity index (χ1v) is 5.46. The van der Waals surface area contributed by atoms with Gasteiger partial charge in [0.05, 0.1) is 0 Å². The molecule has 1 rings (SSSR count). The molecule has 0 aromatic heterocycles. The van der Waals surface area contributed by atoms with Crippen LogP contribution in [0, 0.1) is 0 Å². The van der Waals surface area contributed by atoms with Gasteiger partial charge in [0.2, 0.25) is 0 Å². The predicted octanol–water partition coefficient (Wildman–Crippen LogP) is 2.69. The Kier molecular flexibility index (Phi) is 7.35. The van der Waals surface area contributed by atoms with Gasteiger partial charge in [0.1, 0.15) is 12.1 Å². The minimum atomic E-state index is -1.60. The van der Waals surface area contributed by atoms with Crippen molar-refractivity contribution in [3.05, 3.63) is 36.4 Å². The number of hydrogen-bond acceptors (Lipinski definition) is 3. The summed E-state index contributed by atoms with van der Waals surface area (Å²) in [6.45, 7) is 4.37. The Bertz CT molecular complexity index is 334. The molecule has 1 amide bonds. The number of amides is 1. The normalized spacial score (nSPS) is 9.78. The molecule has 0 fully saturated rings. The summed E-state index contributed by atoms with van der Waals surface area (Å²) < 4.78 is 16.3. The summed E-state index contributed by atoms with van der Waals surface area (Å²) in [6.07, 6.45) is -0.798. The van der Waals surface area contributed by atoms with Crippen LogP contribution < -0.4 is 5.32 Å². The number of halogens is 1. The molecule has 1 aromatic carbocycles. The van der Waals surface area contributed by atoms with E-state index in [1.54, 1.807) is 20.8 Å². The summed E-state index contributed by atoms with van der Waals surface area (Å²) in [6, 6.07) is 10.4. The minimum absolute atomic E-state index is 0.635. The van der Waals surface area contributed by atoms with E-state index in [-0.39, 0.29) is 0 Å². The van der Waals surface area contributed by atoms with Crippen molar-refractivity contribution in [2.24, 2.45) is 0 Å². The second-order valence-corrected chi connectivity index (χ2v) is 4.37. The zero-order chi connectivity index (χ0) is 14.0.